The van der Waals surface area contributed by atoms with Crippen molar-refractivity contribution in [3.63, 3.8) is 0 Å². The Kier molecular flexibility index (Phi) is 4.66. The number of methoxy groups -OCH3 is 1. The topological polar surface area (TPSA) is 69.4 Å². The van der Waals surface area contributed by atoms with Crippen LogP contribution >= 0.6 is 23.2 Å². The van der Waals surface area contributed by atoms with Gasteiger partial charge in [-0.1, -0.05) is 23.2 Å². The van der Waals surface area contributed by atoms with E-state index in [1.54, 1.807) is 18.2 Å². The molecule has 0 aliphatic heterocycles. The maximum absolute atomic E-state index is 12.5. The first-order valence-electron chi connectivity index (χ1n) is 5.93. The van der Waals surface area contributed by atoms with Gasteiger partial charge in [0.2, 0.25) is 0 Å². The summed E-state index contributed by atoms with van der Waals surface area (Å²) in [6.45, 7) is 0. The predicted octanol–water partition coefficient (Wildman–Crippen LogP) is 3.56. The number of halogens is 2. The Labute approximate surface area is 133 Å². The lowest BCUT2D eigenvalue weighted by Crippen LogP contribution is -2.06. The van der Waals surface area contributed by atoms with Crippen LogP contribution in [0.4, 0.5) is 5.69 Å². The Hall–Kier alpha value is -1.43. The number of anilines is 1. The van der Waals surface area contributed by atoms with Crippen LogP contribution in [0.25, 0.3) is 0 Å². The molecule has 0 heterocycles. The van der Waals surface area contributed by atoms with Crippen LogP contribution in [-0.4, -0.2) is 15.5 Å². The molecule has 2 rings (SSSR count). The fourth-order valence-corrected chi connectivity index (χ4v) is 4.04. The maximum Gasteiger partial charge on any atom is 0.184 e. The highest BCUT2D eigenvalue weighted by molar-refractivity contribution is 7.90. The molecule has 2 N–H and O–H groups in total. The summed E-state index contributed by atoms with van der Waals surface area (Å²) in [5.74, 6) is 0.256. The quantitative estimate of drug-likeness (QED) is 0.860. The zero-order chi connectivity index (χ0) is 15.6. The van der Waals surface area contributed by atoms with Crippen molar-refractivity contribution < 1.29 is 13.2 Å². The molecule has 0 spiro atoms. The number of ether oxygens (including phenoxy) is 1. The number of hydrogen-bond donors (Lipinski definition) is 1. The average molecular weight is 346 g/mol. The Morgan fingerprint density at radius 2 is 1.86 bits per heavy atom. The summed E-state index contributed by atoms with van der Waals surface area (Å²) in [6, 6.07) is 9.14. The molecule has 0 aromatic heterocycles. The number of nitrogen functional groups attached to an aromatic ring is 1. The van der Waals surface area contributed by atoms with Gasteiger partial charge in [0.05, 0.1) is 22.8 Å². The highest BCUT2D eigenvalue weighted by Gasteiger charge is 2.20. The van der Waals surface area contributed by atoms with E-state index in [1.165, 1.54) is 25.3 Å². The molecule has 2 aromatic carbocycles. The molecule has 0 radical (unpaired) electrons. The molecule has 0 atom stereocenters. The molecular weight excluding hydrogens is 333 g/mol. The van der Waals surface area contributed by atoms with Crippen molar-refractivity contribution in [2.75, 3.05) is 12.8 Å². The summed E-state index contributed by atoms with van der Waals surface area (Å²) in [5, 5.41) is 0.443. The number of hydrogen-bond acceptors (Lipinski definition) is 4. The Balaban J connectivity index is 2.42. The number of benzene rings is 2. The van der Waals surface area contributed by atoms with Gasteiger partial charge in [0.15, 0.2) is 9.84 Å². The van der Waals surface area contributed by atoms with Gasteiger partial charge in [0, 0.05) is 16.8 Å². The summed E-state index contributed by atoms with van der Waals surface area (Å²) >= 11 is 11.8. The molecule has 2 aromatic rings. The van der Waals surface area contributed by atoms with E-state index in [1.807, 2.05) is 0 Å². The lowest BCUT2D eigenvalue weighted by molar-refractivity contribution is 0.414. The third-order valence-electron chi connectivity index (χ3n) is 2.81. The monoisotopic (exact) mass is 345 g/mol. The van der Waals surface area contributed by atoms with Crippen molar-refractivity contribution in [1.82, 2.24) is 0 Å². The Morgan fingerprint density at radius 3 is 2.52 bits per heavy atom. The second-order valence-electron chi connectivity index (χ2n) is 4.45. The molecule has 0 saturated heterocycles. The second-order valence-corrected chi connectivity index (χ2v) is 7.25. The predicted molar refractivity (Wildman–Crippen MR) is 84.8 cm³/mol. The normalized spacial score (nSPS) is 11.4. The Morgan fingerprint density at radius 1 is 1.14 bits per heavy atom. The van der Waals surface area contributed by atoms with Crippen molar-refractivity contribution in [3.8, 4) is 5.75 Å². The zero-order valence-electron chi connectivity index (χ0n) is 11.1. The van der Waals surface area contributed by atoms with Crippen LogP contribution in [-0.2, 0) is 15.6 Å². The van der Waals surface area contributed by atoms with Crippen molar-refractivity contribution in [1.29, 1.82) is 0 Å². The van der Waals surface area contributed by atoms with Crippen LogP contribution in [0.2, 0.25) is 10.0 Å². The molecule has 0 saturated carbocycles. The summed E-state index contributed by atoms with van der Waals surface area (Å²) in [5.41, 5.74) is 6.67. The lowest BCUT2D eigenvalue weighted by Gasteiger charge is -2.09. The van der Waals surface area contributed by atoms with Crippen molar-refractivity contribution >= 4 is 38.7 Å². The first-order valence-corrected chi connectivity index (χ1v) is 8.34. The van der Waals surface area contributed by atoms with Crippen LogP contribution in [0.1, 0.15) is 5.56 Å². The third kappa shape index (κ3) is 3.81. The largest absolute Gasteiger partial charge is 0.497 e. The fourth-order valence-electron chi connectivity index (χ4n) is 1.90. The molecule has 21 heavy (non-hydrogen) atoms. The van der Waals surface area contributed by atoms with E-state index in [0.29, 0.717) is 22.0 Å². The van der Waals surface area contributed by atoms with Gasteiger partial charge in [-0.3, -0.25) is 0 Å². The number of nitrogens with two attached hydrogens (primary N) is 1. The highest BCUT2D eigenvalue weighted by atomic mass is 35.5. The zero-order valence-corrected chi connectivity index (χ0v) is 13.5. The van der Waals surface area contributed by atoms with Crippen molar-refractivity contribution in [2.24, 2.45) is 0 Å². The van der Waals surface area contributed by atoms with E-state index < -0.39 is 9.84 Å². The van der Waals surface area contributed by atoms with Gasteiger partial charge in [-0.25, -0.2) is 8.42 Å². The van der Waals surface area contributed by atoms with Crippen LogP contribution in [0, 0.1) is 0 Å². The molecule has 0 unspecified atom stereocenters. The first-order chi connectivity index (χ1) is 9.81. The molecule has 0 bridgehead atoms. The molecule has 7 heteroatoms. The third-order valence-corrected chi connectivity index (χ3v) is 5.21. The smallest absolute Gasteiger partial charge is 0.184 e. The minimum Gasteiger partial charge on any atom is -0.497 e. The van der Waals surface area contributed by atoms with Gasteiger partial charge in [-0.05, 0) is 35.9 Å². The molecule has 0 aliphatic rings. The van der Waals surface area contributed by atoms with Gasteiger partial charge in [0.25, 0.3) is 0 Å². The van der Waals surface area contributed by atoms with Crippen LogP contribution < -0.4 is 10.5 Å². The second kappa shape index (κ2) is 6.13. The van der Waals surface area contributed by atoms with E-state index in [0.717, 1.165) is 0 Å². The molecule has 112 valence electrons. The standard InChI is InChI=1S/C14H13Cl2NO3S/c1-20-12-5-9(4-11(17)7-12)8-21(18,19)14-6-10(15)2-3-13(14)16/h2-7H,8,17H2,1H3. The van der Waals surface area contributed by atoms with Crippen molar-refractivity contribution in [2.45, 2.75) is 10.6 Å². The highest BCUT2D eigenvalue weighted by Crippen LogP contribution is 2.29. The van der Waals surface area contributed by atoms with E-state index in [-0.39, 0.29) is 15.7 Å². The van der Waals surface area contributed by atoms with Crippen LogP contribution in [0.5, 0.6) is 5.75 Å². The van der Waals surface area contributed by atoms with E-state index >= 15 is 0 Å². The molecular formula is C14H13Cl2NO3S. The summed E-state index contributed by atoms with van der Waals surface area (Å²) in [7, 11) is -2.15. The number of sulfone groups is 1. The van der Waals surface area contributed by atoms with Crippen LogP contribution in [0.15, 0.2) is 41.3 Å². The SMILES string of the molecule is COc1cc(N)cc(CS(=O)(=O)c2cc(Cl)ccc2Cl)c1. The average Bonchev–Trinajstić information content (AvgIpc) is 2.40. The fraction of sp³-hybridized carbons (Fsp3) is 0.143. The van der Waals surface area contributed by atoms with Gasteiger partial charge >= 0.3 is 0 Å². The van der Waals surface area contributed by atoms with Gasteiger partial charge in [0.1, 0.15) is 5.75 Å². The minimum atomic E-state index is -3.64. The van der Waals surface area contributed by atoms with E-state index in [9.17, 15) is 8.42 Å². The van der Waals surface area contributed by atoms with E-state index in [4.69, 9.17) is 33.7 Å². The van der Waals surface area contributed by atoms with Crippen LogP contribution in [0.3, 0.4) is 0 Å². The van der Waals surface area contributed by atoms with E-state index in [2.05, 4.69) is 0 Å². The summed E-state index contributed by atoms with van der Waals surface area (Å²) in [6.07, 6.45) is 0. The minimum absolute atomic E-state index is 0.00180. The van der Waals surface area contributed by atoms with Gasteiger partial charge in [-0.2, -0.15) is 0 Å². The maximum atomic E-state index is 12.5. The molecule has 0 amide bonds. The summed E-state index contributed by atoms with van der Waals surface area (Å²) in [4.78, 5) is -0.00180. The molecule has 0 aliphatic carbocycles. The van der Waals surface area contributed by atoms with Gasteiger partial charge < -0.3 is 10.5 Å². The first kappa shape index (κ1) is 15.9. The van der Waals surface area contributed by atoms with Gasteiger partial charge in [-0.15, -0.1) is 0 Å². The number of rotatable bonds is 4. The summed E-state index contributed by atoms with van der Waals surface area (Å²) < 4.78 is 30.0. The molecule has 0 fully saturated rings. The lowest BCUT2D eigenvalue weighted by atomic mass is 10.2. The Bertz CT molecular complexity index is 776. The molecule has 4 nitrogen and oxygen atoms in total. The van der Waals surface area contributed by atoms with Crippen molar-refractivity contribution in [3.05, 3.63) is 52.0 Å².